The first-order valence-electron chi connectivity index (χ1n) is 4.46. The van der Waals surface area contributed by atoms with E-state index in [0.29, 0.717) is 0 Å². The number of pyridine rings is 1. The molecule has 1 rings (SSSR count). The van der Waals surface area contributed by atoms with Crippen LogP contribution >= 0.6 is 0 Å². The van der Waals surface area contributed by atoms with Crippen molar-refractivity contribution in [2.24, 2.45) is 7.05 Å². The fourth-order valence-corrected chi connectivity index (χ4v) is 1.36. The summed E-state index contributed by atoms with van der Waals surface area (Å²) in [7, 11) is 0.788. The van der Waals surface area contributed by atoms with Gasteiger partial charge in [0.15, 0.2) is 12.4 Å². The fraction of sp³-hybridized carbons (Fsp3) is 0.364. The van der Waals surface area contributed by atoms with Gasteiger partial charge in [-0.15, -0.1) is 5.54 Å². The molecular formula is C11H16INSi. The molecule has 0 unspecified atom stereocenters. The van der Waals surface area contributed by atoms with Gasteiger partial charge in [0.2, 0.25) is 0 Å². The average molecular weight is 317 g/mol. The van der Waals surface area contributed by atoms with Crippen LogP contribution in [0.3, 0.4) is 0 Å². The largest absolute Gasteiger partial charge is 1.00 e. The van der Waals surface area contributed by atoms with E-state index in [0.717, 1.165) is 5.56 Å². The standard InChI is InChI=1S/C11H16NSi.HI/c1-12-8-5-11(6-9-12)7-10-13(2,3)4;/h5-6,8-9H,1-4H3;1H/q+1;/p-1. The third-order valence-corrected chi connectivity index (χ3v) is 2.44. The Labute approximate surface area is 105 Å². The van der Waals surface area contributed by atoms with Gasteiger partial charge in [-0.1, -0.05) is 25.6 Å². The minimum atomic E-state index is -1.22. The van der Waals surface area contributed by atoms with E-state index in [1.54, 1.807) is 0 Å². The van der Waals surface area contributed by atoms with Crippen molar-refractivity contribution < 1.29 is 28.5 Å². The van der Waals surface area contributed by atoms with Crippen LogP contribution in [-0.2, 0) is 7.05 Å². The van der Waals surface area contributed by atoms with E-state index in [1.165, 1.54) is 0 Å². The SMILES string of the molecule is C[n+]1ccc(C#C[Si](C)(C)C)cc1.[I-]. The number of nitrogens with zero attached hydrogens (tertiary/aromatic N) is 1. The second-order valence-corrected chi connectivity index (χ2v) is 9.00. The van der Waals surface area contributed by atoms with Crippen LogP contribution in [0.25, 0.3) is 0 Å². The van der Waals surface area contributed by atoms with Crippen molar-refractivity contribution in [2.45, 2.75) is 19.6 Å². The van der Waals surface area contributed by atoms with Crippen molar-refractivity contribution in [1.29, 1.82) is 0 Å². The molecule has 1 heterocycles. The lowest BCUT2D eigenvalue weighted by Crippen LogP contribution is -3.00. The summed E-state index contributed by atoms with van der Waals surface area (Å²) in [5.41, 5.74) is 4.45. The highest BCUT2D eigenvalue weighted by Crippen LogP contribution is 1.98. The summed E-state index contributed by atoms with van der Waals surface area (Å²) in [6.07, 6.45) is 4.04. The number of aryl methyl sites for hydroxylation is 1. The maximum absolute atomic E-state index is 3.34. The Bertz CT molecular complexity index is 340. The molecule has 1 nitrogen and oxygen atoms in total. The quantitative estimate of drug-likeness (QED) is 0.244. The van der Waals surface area contributed by atoms with Gasteiger partial charge in [-0.25, -0.2) is 4.57 Å². The first-order valence-corrected chi connectivity index (χ1v) is 7.96. The molecule has 0 saturated heterocycles. The summed E-state index contributed by atoms with van der Waals surface area (Å²) >= 11 is 0. The first kappa shape index (κ1) is 13.7. The monoisotopic (exact) mass is 317 g/mol. The molecule has 14 heavy (non-hydrogen) atoms. The molecule has 0 bridgehead atoms. The molecule has 0 radical (unpaired) electrons. The Morgan fingerprint density at radius 2 is 1.64 bits per heavy atom. The third kappa shape index (κ3) is 5.40. The number of rotatable bonds is 0. The molecule has 0 fully saturated rings. The Morgan fingerprint density at radius 3 is 2.07 bits per heavy atom. The zero-order valence-electron chi connectivity index (χ0n) is 9.13. The molecule has 0 aliphatic rings. The van der Waals surface area contributed by atoms with E-state index in [2.05, 4.69) is 31.1 Å². The van der Waals surface area contributed by atoms with Crippen molar-refractivity contribution in [3.63, 3.8) is 0 Å². The van der Waals surface area contributed by atoms with Gasteiger partial charge >= 0.3 is 0 Å². The van der Waals surface area contributed by atoms with Gasteiger partial charge in [0, 0.05) is 17.7 Å². The maximum Gasteiger partial charge on any atom is 0.169 e. The highest BCUT2D eigenvalue weighted by molar-refractivity contribution is 6.83. The molecule has 0 amide bonds. The van der Waals surface area contributed by atoms with E-state index in [-0.39, 0.29) is 24.0 Å². The Kier molecular flexibility index (Phi) is 5.38. The maximum atomic E-state index is 3.34. The lowest BCUT2D eigenvalue weighted by Gasteiger charge is -2.02. The zero-order chi connectivity index (χ0) is 9.90. The van der Waals surface area contributed by atoms with E-state index in [9.17, 15) is 0 Å². The molecule has 0 N–H and O–H groups in total. The molecule has 0 atom stereocenters. The lowest BCUT2D eigenvalue weighted by molar-refractivity contribution is -0.671. The second-order valence-electron chi connectivity index (χ2n) is 4.25. The topological polar surface area (TPSA) is 3.88 Å². The Balaban J connectivity index is 0.00000169. The highest BCUT2D eigenvalue weighted by atomic mass is 127. The number of hydrogen-bond acceptors (Lipinski definition) is 0. The molecule has 0 aromatic carbocycles. The minimum Gasteiger partial charge on any atom is -1.00 e. The molecule has 0 aliphatic carbocycles. The summed E-state index contributed by atoms with van der Waals surface area (Å²) in [4.78, 5) is 0. The van der Waals surface area contributed by atoms with Crippen LogP contribution < -0.4 is 28.5 Å². The number of halogens is 1. The summed E-state index contributed by atoms with van der Waals surface area (Å²) in [5, 5.41) is 0. The number of hydrogen-bond donors (Lipinski definition) is 0. The van der Waals surface area contributed by atoms with Crippen LogP contribution in [0, 0.1) is 11.5 Å². The molecule has 3 heteroatoms. The predicted octanol–water partition coefficient (Wildman–Crippen LogP) is -1.26. The molecule has 1 aromatic rings. The van der Waals surface area contributed by atoms with Crippen molar-refractivity contribution in [3.05, 3.63) is 30.1 Å². The summed E-state index contributed by atoms with van der Waals surface area (Å²) < 4.78 is 2.01. The summed E-state index contributed by atoms with van der Waals surface area (Å²) in [6, 6.07) is 4.10. The van der Waals surface area contributed by atoms with Crippen LogP contribution in [0.5, 0.6) is 0 Å². The third-order valence-electron chi connectivity index (χ3n) is 1.56. The highest BCUT2D eigenvalue weighted by Gasteiger charge is 2.07. The van der Waals surface area contributed by atoms with Gasteiger partial charge in [-0.05, 0) is 0 Å². The van der Waals surface area contributed by atoms with Crippen molar-refractivity contribution in [3.8, 4) is 11.5 Å². The molecule has 0 saturated carbocycles. The van der Waals surface area contributed by atoms with Crippen molar-refractivity contribution in [1.82, 2.24) is 0 Å². The van der Waals surface area contributed by atoms with Crippen LogP contribution in [-0.4, -0.2) is 8.07 Å². The van der Waals surface area contributed by atoms with Crippen molar-refractivity contribution in [2.75, 3.05) is 0 Å². The number of aromatic nitrogens is 1. The van der Waals surface area contributed by atoms with Gasteiger partial charge in [0.25, 0.3) is 0 Å². The van der Waals surface area contributed by atoms with Gasteiger partial charge in [-0.3, -0.25) is 0 Å². The molecule has 76 valence electrons. The van der Waals surface area contributed by atoms with E-state index < -0.39 is 8.07 Å². The summed E-state index contributed by atoms with van der Waals surface area (Å²) in [6.45, 7) is 6.76. The molecule has 0 aliphatic heterocycles. The smallest absolute Gasteiger partial charge is 0.169 e. The Morgan fingerprint density at radius 1 is 1.14 bits per heavy atom. The normalized spacial score (nSPS) is 9.71. The van der Waals surface area contributed by atoms with Crippen LogP contribution in [0.2, 0.25) is 19.6 Å². The van der Waals surface area contributed by atoms with Gasteiger partial charge in [0.1, 0.15) is 15.1 Å². The predicted molar refractivity (Wildman–Crippen MR) is 57.8 cm³/mol. The zero-order valence-corrected chi connectivity index (χ0v) is 12.3. The molecular weight excluding hydrogens is 301 g/mol. The van der Waals surface area contributed by atoms with Crippen LogP contribution in [0.4, 0.5) is 0 Å². The van der Waals surface area contributed by atoms with Crippen LogP contribution in [0.1, 0.15) is 5.56 Å². The van der Waals surface area contributed by atoms with Crippen LogP contribution in [0.15, 0.2) is 24.5 Å². The Hall–Kier alpha value is -0.343. The fourth-order valence-electron chi connectivity index (χ4n) is 0.844. The van der Waals surface area contributed by atoms with Gasteiger partial charge in [0.05, 0.1) is 0 Å². The van der Waals surface area contributed by atoms with Crippen molar-refractivity contribution >= 4 is 8.07 Å². The lowest BCUT2D eigenvalue weighted by atomic mass is 10.3. The second kappa shape index (κ2) is 5.52. The van der Waals surface area contributed by atoms with E-state index >= 15 is 0 Å². The minimum absolute atomic E-state index is 0. The summed E-state index contributed by atoms with van der Waals surface area (Å²) in [5.74, 6) is 3.21. The first-order chi connectivity index (χ1) is 5.97. The van der Waals surface area contributed by atoms with E-state index in [4.69, 9.17) is 0 Å². The van der Waals surface area contributed by atoms with E-state index in [1.807, 2.05) is 36.1 Å². The van der Waals surface area contributed by atoms with Gasteiger partial charge in [-0.2, -0.15) is 0 Å². The molecule has 1 aromatic heterocycles. The molecule has 0 spiro atoms. The van der Waals surface area contributed by atoms with Gasteiger partial charge < -0.3 is 24.0 Å². The average Bonchev–Trinajstić information content (AvgIpc) is 2.02.